The molecule has 1 spiro atoms. The second kappa shape index (κ2) is 9.06. The van der Waals surface area contributed by atoms with Crippen molar-refractivity contribution in [2.45, 2.75) is 89.4 Å². The SMILES string of the molecule is COc1ccc([C@@H](CCC(=O)O)O[C@H]2O[C@@H]3O[C@@]4(C)CC[C@H]5[C@H](C)CCC([C@H]2C)[C@@]35OO4)cc1. The molecule has 1 aromatic rings. The van der Waals surface area contributed by atoms with Crippen molar-refractivity contribution >= 4 is 5.97 Å². The van der Waals surface area contributed by atoms with Gasteiger partial charge in [0.25, 0.3) is 0 Å². The molecule has 4 heterocycles. The summed E-state index contributed by atoms with van der Waals surface area (Å²) in [6.07, 6.45) is 2.57. The van der Waals surface area contributed by atoms with Gasteiger partial charge < -0.3 is 24.1 Å². The van der Waals surface area contributed by atoms with Crippen LogP contribution in [0.2, 0.25) is 0 Å². The van der Waals surface area contributed by atoms with Gasteiger partial charge in [0.2, 0.25) is 5.79 Å². The van der Waals surface area contributed by atoms with E-state index in [-0.39, 0.29) is 24.2 Å². The van der Waals surface area contributed by atoms with Crippen molar-refractivity contribution in [1.29, 1.82) is 0 Å². The Bertz CT molecular complexity index is 889. The highest BCUT2D eigenvalue weighted by molar-refractivity contribution is 5.66. The Morgan fingerprint density at radius 2 is 1.91 bits per heavy atom. The van der Waals surface area contributed by atoms with Gasteiger partial charge >= 0.3 is 5.97 Å². The molecule has 0 radical (unpaired) electrons. The van der Waals surface area contributed by atoms with Gasteiger partial charge in [-0.15, -0.1) is 0 Å². The van der Waals surface area contributed by atoms with E-state index in [4.69, 9.17) is 28.7 Å². The molecule has 6 rings (SSSR count). The summed E-state index contributed by atoms with van der Waals surface area (Å²) in [5, 5.41) is 9.32. The summed E-state index contributed by atoms with van der Waals surface area (Å²) in [6, 6.07) is 7.56. The molecule has 34 heavy (non-hydrogen) atoms. The third-order valence-electron chi connectivity index (χ3n) is 8.50. The van der Waals surface area contributed by atoms with E-state index in [1.165, 1.54) is 0 Å². The molecule has 5 fully saturated rings. The number of carbonyl (C=O) groups is 1. The number of fused-ring (bicyclic) bond motifs is 2. The molecule has 1 N–H and O–H groups in total. The lowest BCUT2D eigenvalue weighted by atomic mass is 9.58. The van der Waals surface area contributed by atoms with Crippen molar-refractivity contribution in [1.82, 2.24) is 0 Å². The van der Waals surface area contributed by atoms with Gasteiger partial charge in [0.05, 0.1) is 13.2 Å². The maximum Gasteiger partial charge on any atom is 0.303 e. The van der Waals surface area contributed by atoms with E-state index >= 15 is 0 Å². The number of hydrogen-bond donors (Lipinski definition) is 1. The average Bonchev–Trinajstić information content (AvgIpc) is 3.05. The molecule has 4 aliphatic heterocycles. The van der Waals surface area contributed by atoms with Gasteiger partial charge in [-0.1, -0.05) is 26.0 Å². The zero-order chi connectivity index (χ0) is 24.1. The quantitative estimate of drug-likeness (QED) is 0.560. The summed E-state index contributed by atoms with van der Waals surface area (Å²) in [5.41, 5.74) is 0.243. The molecule has 1 aliphatic carbocycles. The highest BCUT2D eigenvalue weighted by Crippen LogP contribution is 2.60. The molecule has 0 amide bonds. The topological polar surface area (TPSA) is 92.7 Å². The minimum Gasteiger partial charge on any atom is -0.497 e. The second-order valence-electron chi connectivity index (χ2n) is 10.6. The zero-order valence-corrected chi connectivity index (χ0v) is 20.4. The summed E-state index contributed by atoms with van der Waals surface area (Å²) in [5.74, 6) is -0.0223. The van der Waals surface area contributed by atoms with Crippen molar-refractivity contribution in [3.63, 3.8) is 0 Å². The van der Waals surface area contributed by atoms with Crippen LogP contribution in [0.5, 0.6) is 5.75 Å². The first-order chi connectivity index (χ1) is 16.3. The first kappa shape index (κ1) is 24.0. The van der Waals surface area contributed by atoms with Crippen LogP contribution in [0.25, 0.3) is 0 Å². The Hall–Kier alpha value is -1.71. The van der Waals surface area contributed by atoms with E-state index < -0.39 is 36.0 Å². The van der Waals surface area contributed by atoms with Gasteiger partial charge in [-0.25, -0.2) is 9.78 Å². The molecule has 188 valence electrons. The lowest BCUT2D eigenvalue weighted by molar-refractivity contribution is -0.578. The number of hydrogen-bond acceptors (Lipinski definition) is 7. The van der Waals surface area contributed by atoms with Crippen LogP contribution in [-0.4, -0.2) is 42.2 Å². The van der Waals surface area contributed by atoms with Crippen molar-refractivity contribution in [2.24, 2.45) is 23.7 Å². The van der Waals surface area contributed by atoms with E-state index in [2.05, 4.69) is 13.8 Å². The van der Waals surface area contributed by atoms with Crippen LogP contribution >= 0.6 is 0 Å². The fraction of sp³-hybridized carbons (Fsp3) is 0.731. The number of rotatable bonds is 7. The third kappa shape index (κ3) is 4.03. The highest BCUT2D eigenvalue weighted by atomic mass is 17.3. The Kier molecular flexibility index (Phi) is 6.40. The summed E-state index contributed by atoms with van der Waals surface area (Å²) < 4.78 is 24.8. The van der Waals surface area contributed by atoms with Gasteiger partial charge in [-0.3, -0.25) is 4.79 Å². The Morgan fingerprint density at radius 3 is 2.62 bits per heavy atom. The molecule has 2 bridgehead atoms. The number of aliphatic carboxylic acids is 1. The van der Waals surface area contributed by atoms with Gasteiger partial charge in [-0.2, -0.15) is 0 Å². The molecule has 9 atom stereocenters. The Balaban J connectivity index is 1.43. The van der Waals surface area contributed by atoms with E-state index in [0.717, 1.165) is 37.0 Å². The molecular formula is C26H36O8. The summed E-state index contributed by atoms with van der Waals surface area (Å²) >= 11 is 0. The number of carboxylic acids is 1. The largest absolute Gasteiger partial charge is 0.497 e. The molecule has 0 aromatic heterocycles. The van der Waals surface area contributed by atoms with Crippen molar-refractivity contribution in [2.75, 3.05) is 7.11 Å². The highest BCUT2D eigenvalue weighted by Gasteiger charge is 2.69. The van der Waals surface area contributed by atoms with Crippen molar-refractivity contribution in [3.05, 3.63) is 29.8 Å². The van der Waals surface area contributed by atoms with Gasteiger partial charge in [0, 0.05) is 24.7 Å². The van der Waals surface area contributed by atoms with Crippen LogP contribution in [0.15, 0.2) is 24.3 Å². The van der Waals surface area contributed by atoms with Crippen molar-refractivity contribution in [3.8, 4) is 5.75 Å². The molecule has 1 aromatic carbocycles. The average molecular weight is 477 g/mol. The smallest absolute Gasteiger partial charge is 0.303 e. The molecule has 1 saturated carbocycles. The molecule has 8 heteroatoms. The van der Waals surface area contributed by atoms with E-state index in [9.17, 15) is 9.90 Å². The lowest BCUT2D eigenvalue weighted by Crippen LogP contribution is -2.70. The molecular weight excluding hydrogens is 440 g/mol. The van der Waals surface area contributed by atoms with Gasteiger partial charge in [0.15, 0.2) is 18.2 Å². The molecule has 1 unspecified atom stereocenters. The van der Waals surface area contributed by atoms with Crippen LogP contribution in [0.4, 0.5) is 0 Å². The first-order valence-electron chi connectivity index (χ1n) is 12.5. The fourth-order valence-corrected chi connectivity index (χ4v) is 6.58. The number of ether oxygens (including phenoxy) is 4. The van der Waals surface area contributed by atoms with Crippen LogP contribution in [0, 0.1) is 23.7 Å². The van der Waals surface area contributed by atoms with Gasteiger partial charge in [-0.05, 0) is 62.1 Å². The van der Waals surface area contributed by atoms with Gasteiger partial charge in [0.1, 0.15) is 5.75 Å². The maximum atomic E-state index is 11.4. The molecule has 5 aliphatic rings. The van der Waals surface area contributed by atoms with E-state index in [1.807, 2.05) is 31.2 Å². The lowest BCUT2D eigenvalue weighted by Gasteiger charge is -2.60. The predicted octanol–water partition coefficient (Wildman–Crippen LogP) is 4.83. The number of benzene rings is 1. The van der Waals surface area contributed by atoms with Crippen LogP contribution in [0.3, 0.4) is 0 Å². The summed E-state index contributed by atoms with van der Waals surface area (Å²) in [7, 11) is 1.62. The summed E-state index contributed by atoms with van der Waals surface area (Å²) in [6.45, 7) is 6.33. The van der Waals surface area contributed by atoms with Crippen molar-refractivity contribution < 1.29 is 38.6 Å². The molecule has 4 saturated heterocycles. The second-order valence-corrected chi connectivity index (χ2v) is 10.6. The van der Waals surface area contributed by atoms with Crippen LogP contribution in [0.1, 0.15) is 71.0 Å². The van der Waals surface area contributed by atoms with E-state index in [0.29, 0.717) is 12.3 Å². The Labute approximate surface area is 200 Å². The monoisotopic (exact) mass is 476 g/mol. The minimum absolute atomic E-state index is 0.000295. The minimum atomic E-state index is -0.856. The first-order valence-corrected chi connectivity index (χ1v) is 12.5. The zero-order valence-electron chi connectivity index (χ0n) is 20.4. The summed E-state index contributed by atoms with van der Waals surface area (Å²) in [4.78, 5) is 23.4. The fourth-order valence-electron chi connectivity index (χ4n) is 6.58. The van der Waals surface area contributed by atoms with Crippen LogP contribution < -0.4 is 4.74 Å². The normalized spacial score (nSPS) is 41.9. The number of carboxylic acid groups (broad SMARTS) is 1. The third-order valence-corrected chi connectivity index (χ3v) is 8.50. The van der Waals surface area contributed by atoms with E-state index in [1.54, 1.807) is 7.11 Å². The van der Waals surface area contributed by atoms with Crippen LogP contribution in [-0.2, 0) is 28.8 Å². The Morgan fingerprint density at radius 1 is 1.15 bits per heavy atom. The maximum absolute atomic E-state index is 11.4. The number of methoxy groups -OCH3 is 1. The molecule has 8 nitrogen and oxygen atoms in total. The predicted molar refractivity (Wildman–Crippen MR) is 121 cm³/mol. The standard InChI is InChI=1S/C26H36O8/c1-15-5-10-20-16(2)23(31-24-26(20)19(15)13-14-25(3,32-24)33-34-26)30-21(11-12-22(27)28)17-6-8-18(29-4)9-7-17/h6-9,15-16,19-21,23-24H,5,10-14H2,1-4H3,(H,27,28)/t15-,16-,19+,20?,21-,23+,24-,25-,26-/m1/s1.